The minimum Gasteiger partial charge on any atom is -0.497 e. The molecule has 6 nitrogen and oxygen atoms in total. The number of carbonyl (C=O) groups excluding carboxylic acids is 1. The molecular formula is C24H26N4O2S. The van der Waals surface area contributed by atoms with Gasteiger partial charge in [0.25, 0.3) is 0 Å². The number of aromatic nitrogens is 2. The Morgan fingerprint density at radius 1 is 1.16 bits per heavy atom. The summed E-state index contributed by atoms with van der Waals surface area (Å²) < 4.78 is 5.18. The number of hydrogen-bond acceptors (Lipinski definition) is 6. The molecule has 1 amide bonds. The number of nitrogens with one attached hydrogen (secondary N) is 1. The Kier molecular flexibility index (Phi) is 6.72. The molecule has 1 saturated heterocycles. The van der Waals surface area contributed by atoms with Gasteiger partial charge in [-0.25, -0.2) is 9.97 Å². The van der Waals surface area contributed by atoms with E-state index in [4.69, 9.17) is 4.74 Å². The number of aryl methyl sites for hydroxylation is 1. The Morgan fingerprint density at radius 3 is 2.74 bits per heavy atom. The van der Waals surface area contributed by atoms with Crippen LogP contribution in [0.1, 0.15) is 18.4 Å². The molecule has 1 fully saturated rings. The van der Waals surface area contributed by atoms with Crippen molar-refractivity contribution in [1.29, 1.82) is 0 Å². The number of carbonyl (C=O) groups is 1. The maximum absolute atomic E-state index is 12.9. The lowest BCUT2D eigenvalue weighted by Crippen LogP contribution is -2.41. The molecule has 160 valence electrons. The third kappa shape index (κ3) is 5.35. The summed E-state index contributed by atoms with van der Waals surface area (Å²) in [6, 6.07) is 15.8. The van der Waals surface area contributed by atoms with Crippen LogP contribution in [0.4, 0.5) is 11.5 Å². The van der Waals surface area contributed by atoms with Gasteiger partial charge in [0.1, 0.15) is 10.8 Å². The Labute approximate surface area is 187 Å². The van der Waals surface area contributed by atoms with Gasteiger partial charge < -0.3 is 15.0 Å². The molecule has 0 saturated carbocycles. The van der Waals surface area contributed by atoms with Gasteiger partial charge in [-0.15, -0.1) is 0 Å². The molecule has 0 bridgehead atoms. The van der Waals surface area contributed by atoms with Crippen molar-refractivity contribution in [2.24, 2.45) is 5.92 Å². The quantitative estimate of drug-likeness (QED) is 0.601. The van der Waals surface area contributed by atoms with Crippen LogP contribution < -0.4 is 15.0 Å². The molecular weight excluding hydrogens is 408 g/mol. The molecule has 1 aliphatic heterocycles. The molecule has 1 N–H and O–H groups in total. The van der Waals surface area contributed by atoms with Crippen LogP contribution in [0.3, 0.4) is 0 Å². The van der Waals surface area contributed by atoms with Crippen LogP contribution in [0.5, 0.6) is 5.75 Å². The Hall–Kier alpha value is -3.06. The van der Waals surface area contributed by atoms with Crippen molar-refractivity contribution in [2.45, 2.75) is 29.7 Å². The van der Waals surface area contributed by atoms with Crippen LogP contribution in [0, 0.1) is 12.8 Å². The molecule has 2 heterocycles. The van der Waals surface area contributed by atoms with Crippen molar-refractivity contribution >= 4 is 29.2 Å². The Balaban J connectivity index is 1.46. The van der Waals surface area contributed by atoms with Crippen LogP contribution >= 0.6 is 11.8 Å². The lowest BCUT2D eigenvalue weighted by atomic mass is 9.97. The number of ether oxygens (including phenoxy) is 1. The SMILES string of the molecule is COc1ccc(NC(=O)[C@@H]2CCCN(c3nccnc3Sc3cccc(C)c3)C2)cc1. The van der Waals surface area contributed by atoms with E-state index in [2.05, 4.69) is 45.3 Å². The molecule has 4 rings (SSSR count). The summed E-state index contributed by atoms with van der Waals surface area (Å²) >= 11 is 1.61. The molecule has 2 aromatic carbocycles. The van der Waals surface area contributed by atoms with Crippen molar-refractivity contribution in [1.82, 2.24) is 9.97 Å². The largest absolute Gasteiger partial charge is 0.497 e. The van der Waals surface area contributed by atoms with E-state index in [1.54, 1.807) is 31.3 Å². The topological polar surface area (TPSA) is 67.3 Å². The smallest absolute Gasteiger partial charge is 0.229 e. The molecule has 31 heavy (non-hydrogen) atoms. The van der Waals surface area contributed by atoms with Crippen molar-refractivity contribution in [3.8, 4) is 5.75 Å². The summed E-state index contributed by atoms with van der Waals surface area (Å²) in [5.41, 5.74) is 1.99. The van der Waals surface area contributed by atoms with Gasteiger partial charge >= 0.3 is 0 Å². The first-order valence-corrected chi connectivity index (χ1v) is 11.2. The number of piperidine rings is 1. The molecule has 1 aliphatic rings. The minimum atomic E-state index is -0.102. The molecule has 1 atom stereocenters. The monoisotopic (exact) mass is 434 g/mol. The van der Waals surface area contributed by atoms with Crippen molar-refractivity contribution < 1.29 is 9.53 Å². The second kappa shape index (κ2) is 9.83. The van der Waals surface area contributed by atoms with E-state index in [-0.39, 0.29) is 11.8 Å². The molecule has 0 spiro atoms. The van der Waals surface area contributed by atoms with E-state index >= 15 is 0 Å². The van der Waals surface area contributed by atoms with Crippen molar-refractivity contribution in [3.05, 3.63) is 66.5 Å². The second-order valence-electron chi connectivity index (χ2n) is 7.61. The highest BCUT2D eigenvalue weighted by Gasteiger charge is 2.28. The normalized spacial score (nSPS) is 16.1. The van der Waals surface area contributed by atoms with Gasteiger partial charge in [0.2, 0.25) is 5.91 Å². The number of anilines is 2. The summed E-state index contributed by atoms with van der Waals surface area (Å²) in [5.74, 6) is 1.54. The Morgan fingerprint density at radius 2 is 1.97 bits per heavy atom. The first kappa shape index (κ1) is 21.2. The van der Waals surface area contributed by atoms with Gasteiger partial charge in [-0.3, -0.25) is 4.79 Å². The van der Waals surface area contributed by atoms with Crippen LogP contribution in [0.15, 0.2) is 70.8 Å². The lowest BCUT2D eigenvalue weighted by molar-refractivity contribution is -0.120. The van der Waals surface area contributed by atoms with Gasteiger partial charge in [0.15, 0.2) is 5.82 Å². The van der Waals surface area contributed by atoms with E-state index in [9.17, 15) is 4.79 Å². The Bertz CT molecular complexity index is 1040. The number of amides is 1. The first-order valence-electron chi connectivity index (χ1n) is 10.4. The highest BCUT2D eigenvalue weighted by molar-refractivity contribution is 7.99. The third-order valence-corrected chi connectivity index (χ3v) is 6.27. The van der Waals surface area contributed by atoms with Crippen molar-refractivity contribution in [3.63, 3.8) is 0 Å². The highest BCUT2D eigenvalue weighted by Crippen LogP contribution is 2.34. The van der Waals surface area contributed by atoms with Crippen LogP contribution in [-0.2, 0) is 4.79 Å². The third-order valence-electron chi connectivity index (χ3n) is 5.30. The predicted octanol–water partition coefficient (Wildman–Crippen LogP) is 4.80. The minimum absolute atomic E-state index is 0.0339. The van der Waals surface area contributed by atoms with E-state index in [0.29, 0.717) is 6.54 Å². The maximum atomic E-state index is 12.9. The molecule has 0 unspecified atom stereocenters. The van der Waals surface area contributed by atoms with E-state index in [1.807, 2.05) is 30.3 Å². The van der Waals surface area contributed by atoms with E-state index < -0.39 is 0 Å². The van der Waals surface area contributed by atoms with Gasteiger partial charge in [-0.1, -0.05) is 29.5 Å². The van der Waals surface area contributed by atoms with Crippen LogP contribution in [-0.4, -0.2) is 36.1 Å². The van der Waals surface area contributed by atoms with Crippen molar-refractivity contribution in [2.75, 3.05) is 30.4 Å². The second-order valence-corrected chi connectivity index (χ2v) is 8.67. The number of methoxy groups -OCH3 is 1. The molecule has 0 radical (unpaired) electrons. The zero-order valence-electron chi connectivity index (χ0n) is 17.7. The lowest BCUT2D eigenvalue weighted by Gasteiger charge is -2.33. The fraction of sp³-hybridized carbons (Fsp3) is 0.292. The molecule has 1 aromatic heterocycles. The average Bonchev–Trinajstić information content (AvgIpc) is 2.80. The predicted molar refractivity (Wildman–Crippen MR) is 124 cm³/mol. The van der Waals surface area contributed by atoms with Gasteiger partial charge in [0, 0.05) is 36.1 Å². The van der Waals surface area contributed by atoms with E-state index in [1.165, 1.54) is 5.56 Å². The highest BCUT2D eigenvalue weighted by atomic mass is 32.2. The number of nitrogens with zero attached hydrogens (tertiary/aromatic N) is 3. The summed E-state index contributed by atoms with van der Waals surface area (Å²) in [4.78, 5) is 25.4. The summed E-state index contributed by atoms with van der Waals surface area (Å²) in [7, 11) is 1.63. The number of hydrogen-bond donors (Lipinski definition) is 1. The number of rotatable bonds is 6. The van der Waals surface area contributed by atoms with Crippen LogP contribution in [0.2, 0.25) is 0 Å². The number of benzene rings is 2. The summed E-state index contributed by atoms with van der Waals surface area (Å²) in [6.07, 6.45) is 5.24. The molecule has 0 aliphatic carbocycles. The molecule has 7 heteroatoms. The standard InChI is InChI=1S/C24H26N4O2S/c1-17-5-3-7-21(15-17)31-24-22(25-12-13-26-24)28-14-4-6-18(16-28)23(29)27-19-8-10-20(30-2)11-9-19/h3,5,7-13,15,18H,4,6,14,16H2,1-2H3,(H,27,29)/t18-/m1/s1. The fourth-order valence-electron chi connectivity index (χ4n) is 3.70. The summed E-state index contributed by atoms with van der Waals surface area (Å²) in [5, 5.41) is 3.90. The summed E-state index contributed by atoms with van der Waals surface area (Å²) in [6.45, 7) is 3.58. The average molecular weight is 435 g/mol. The first-order chi connectivity index (χ1) is 15.1. The van der Waals surface area contributed by atoms with Gasteiger partial charge in [-0.2, -0.15) is 0 Å². The zero-order chi connectivity index (χ0) is 21.6. The van der Waals surface area contributed by atoms with Gasteiger partial charge in [0.05, 0.1) is 13.0 Å². The van der Waals surface area contributed by atoms with E-state index in [0.717, 1.165) is 46.6 Å². The zero-order valence-corrected chi connectivity index (χ0v) is 18.6. The molecule has 3 aromatic rings. The maximum Gasteiger partial charge on any atom is 0.229 e. The fourth-order valence-corrected chi connectivity index (χ4v) is 4.70. The van der Waals surface area contributed by atoms with Crippen LogP contribution in [0.25, 0.3) is 0 Å². The van der Waals surface area contributed by atoms with Gasteiger partial charge in [-0.05, 0) is 56.2 Å².